The van der Waals surface area contributed by atoms with Crippen molar-refractivity contribution in [3.63, 3.8) is 0 Å². The van der Waals surface area contributed by atoms with Gasteiger partial charge in [0.15, 0.2) is 0 Å². The van der Waals surface area contributed by atoms with Gasteiger partial charge in [0.2, 0.25) is 0 Å². The van der Waals surface area contributed by atoms with E-state index in [1.807, 2.05) is 0 Å². The Kier molecular flexibility index (Phi) is 10.2. The van der Waals surface area contributed by atoms with Crippen LogP contribution in [0.15, 0.2) is 46.2 Å². The molecule has 0 bridgehead atoms. The van der Waals surface area contributed by atoms with Crippen LogP contribution in [0.1, 0.15) is 125 Å². The number of thiophene rings is 1. The van der Waals surface area contributed by atoms with Crippen molar-refractivity contribution in [1.82, 2.24) is 0 Å². The van der Waals surface area contributed by atoms with Gasteiger partial charge in [-0.25, -0.2) is 0 Å². The van der Waals surface area contributed by atoms with E-state index in [-0.39, 0.29) is 0 Å². The summed E-state index contributed by atoms with van der Waals surface area (Å²) in [6.45, 7) is 14.3. The Morgan fingerprint density at radius 2 is 1.26 bits per heavy atom. The number of thioether (sulfide) groups is 2. The highest BCUT2D eigenvalue weighted by Gasteiger charge is 2.43. The van der Waals surface area contributed by atoms with E-state index in [1.54, 1.807) is 25.8 Å². The molecule has 2 aromatic carbocycles. The summed E-state index contributed by atoms with van der Waals surface area (Å²) in [5, 5.41) is 2.71. The van der Waals surface area contributed by atoms with Crippen LogP contribution in [0.5, 0.6) is 0 Å². The number of hydrogen-bond acceptors (Lipinski definition) is 3. The summed E-state index contributed by atoms with van der Waals surface area (Å²) < 4.78 is 1.51. The first-order chi connectivity index (χ1) is 18.8. The van der Waals surface area contributed by atoms with Gasteiger partial charge in [0, 0.05) is 24.8 Å². The van der Waals surface area contributed by atoms with E-state index >= 15 is 0 Å². The summed E-state index contributed by atoms with van der Waals surface area (Å²) in [4.78, 5) is 4.77. The number of benzene rings is 2. The van der Waals surface area contributed by atoms with Crippen LogP contribution in [0.4, 0.5) is 0 Å². The Bertz CT molecular complexity index is 1240. The molecule has 39 heavy (non-hydrogen) atoms. The molecule has 3 heterocycles. The van der Waals surface area contributed by atoms with Crippen LogP contribution in [-0.4, -0.2) is 0 Å². The fourth-order valence-electron chi connectivity index (χ4n) is 6.34. The van der Waals surface area contributed by atoms with Gasteiger partial charge >= 0.3 is 0 Å². The van der Waals surface area contributed by atoms with Crippen molar-refractivity contribution >= 4 is 44.9 Å². The maximum Gasteiger partial charge on any atom is 0.0613 e. The maximum atomic E-state index is 2.53. The predicted molar refractivity (Wildman–Crippen MR) is 178 cm³/mol. The number of hydrogen-bond donors (Lipinski definition) is 0. The van der Waals surface area contributed by atoms with Gasteiger partial charge in [-0.3, -0.25) is 0 Å². The molecule has 1 aromatic heterocycles. The van der Waals surface area contributed by atoms with Gasteiger partial charge < -0.3 is 0 Å². The lowest BCUT2D eigenvalue weighted by Gasteiger charge is -2.13. The second-order valence-electron chi connectivity index (χ2n) is 13.5. The lowest BCUT2D eigenvalue weighted by Crippen LogP contribution is -1.99. The molecule has 0 aliphatic carbocycles. The molecule has 0 saturated carbocycles. The molecular formula is C36H50S3. The molecule has 5 rings (SSSR count). The average molecular weight is 579 g/mol. The first kappa shape index (κ1) is 29.6. The molecule has 2 aliphatic rings. The normalized spacial score (nSPS) is 19.6. The Labute approximate surface area is 251 Å². The number of rotatable bonds is 14. The Morgan fingerprint density at radius 1 is 0.641 bits per heavy atom. The van der Waals surface area contributed by atoms with Crippen LogP contribution < -0.4 is 0 Å². The third-order valence-corrected chi connectivity index (χ3v) is 13.5. The van der Waals surface area contributed by atoms with E-state index in [9.17, 15) is 0 Å². The second-order valence-corrected chi connectivity index (χ2v) is 16.9. The Balaban J connectivity index is 1.18. The smallest absolute Gasteiger partial charge is 0.0613 e. The van der Waals surface area contributed by atoms with Crippen LogP contribution in [0.3, 0.4) is 0 Å². The third kappa shape index (κ3) is 7.31. The molecule has 2 aliphatic heterocycles. The van der Waals surface area contributed by atoms with E-state index in [4.69, 9.17) is 0 Å². The van der Waals surface area contributed by atoms with Crippen molar-refractivity contribution in [2.24, 2.45) is 23.7 Å². The molecular weight excluding hydrogens is 529 g/mol. The SMILES string of the molecule is CC(C)CCCC(C)CCc1ccc2c(c1)SC1c3sc4cc(CCC(C)CCCC(C)C)ccc4c3SC21. The summed E-state index contributed by atoms with van der Waals surface area (Å²) in [6.07, 6.45) is 13.4. The van der Waals surface area contributed by atoms with E-state index < -0.39 is 0 Å². The first-order valence-electron chi connectivity index (χ1n) is 15.8. The minimum Gasteiger partial charge on any atom is -0.138 e. The van der Waals surface area contributed by atoms with Gasteiger partial charge in [-0.2, -0.15) is 0 Å². The minimum absolute atomic E-state index is 0.603. The molecule has 0 fully saturated rings. The topological polar surface area (TPSA) is 0 Å². The van der Waals surface area contributed by atoms with Crippen LogP contribution in [0.2, 0.25) is 0 Å². The largest absolute Gasteiger partial charge is 0.138 e. The standard InChI is InChI=1S/C36H50S3/c1-23(2)9-7-11-25(5)13-15-27-17-19-29-31(21-27)37-35-33(29)39-34-30-20-18-28(22-32(30)38-36(34)35)16-14-26(6)12-8-10-24(3)4/h17-26,33,35H,7-16H2,1-6H3. The van der Waals surface area contributed by atoms with Crippen LogP contribution in [0.25, 0.3) is 10.1 Å². The Hall–Kier alpha value is -0.900. The molecule has 3 heteroatoms. The zero-order valence-electron chi connectivity index (χ0n) is 25.2. The number of fused-ring (bicyclic) bond motifs is 7. The van der Waals surface area contributed by atoms with E-state index in [2.05, 4.69) is 113 Å². The van der Waals surface area contributed by atoms with Crippen LogP contribution in [-0.2, 0) is 12.8 Å². The zero-order valence-corrected chi connectivity index (χ0v) is 27.7. The van der Waals surface area contributed by atoms with Crippen molar-refractivity contribution in [3.8, 4) is 0 Å². The first-order valence-corrected chi connectivity index (χ1v) is 18.4. The molecule has 0 radical (unpaired) electrons. The molecule has 4 unspecified atom stereocenters. The Morgan fingerprint density at radius 3 is 1.90 bits per heavy atom. The average Bonchev–Trinajstić information content (AvgIpc) is 3.53. The highest BCUT2D eigenvalue weighted by atomic mass is 32.2. The lowest BCUT2D eigenvalue weighted by molar-refractivity contribution is 0.437. The molecule has 0 spiro atoms. The predicted octanol–water partition coefficient (Wildman–Crippen LogP) is 12.7. The van der Waals surface area contributed by atoms with Gasteiger partial charge in [0.1, 0.15) is 0 Å². The van der Waals surface area contributed by atoms with Gasteiger partial charge in [-0.15, -0.1) is 34.9 Å². The summed E-state index contributed by atoms with van der Waals surface area (Å²) in [6, 6.07) is 14.8. The molecule has 0 nitrogen and oxygen atoms in total. The highest BCUT2D eigenvalue weighted by Crippen LogP contribution is 2.69. The van der Waals surface area contributed by atoms with Crippen LogP contribution >= 0.6 is 34.9 Å². The monoisotopic (exact) mass is 578 g/mol. The maximum absolute atomic E-state index is 2.53. The summed E-state index contributed by atoms with van der Waals surface area (Å²) in [5.74, 6) is 3.34. The zero-order chi connectivity index (χ0) is 27.5. The van der Waals surface area contributed by atoms with Crippen molar-refractivity contribution in [2.75, 3.05) is 0 Å². The summed E-state index contributed by atoms with van der Waals surface area (Å²) in [7, 11) is 0. The highest BCUT2D eigenvalue weighted by molar-refractivity contribution is 8.05. The molecule has 4 atom stereocenters. The van der Waals surface area contributed by atoms with Gasteiger partial charge in [-0.1, -0.05) is 104 Å². The van der Waals surface area contributed by atoms with Crippen molar-refractivity contribution < 1.29 is 0 Å². The van der Waals surface area contributed by atoms with Gasteiger partial charge in [0.05, 0.1) is 10.5 Å². The van der Waals surface area contributed by atoms with Crippen molar-refractivity contribution in [3.05, 3.63) is 58.0 Å². The second kappa shape index (κ2) is 13.4. The fourth-order valence-corrected chi connectivity index (χ4v) is 11.4. The van der Waals surface area contributed by atoms with E-state index in [0.29, 0.717) is 10.5 Å². The van der Waals surface area contributed by atoms with E-state index in [1.165, 1.54) is 79.9 Å². The van der Waals surface area contributed by atoms with E-state index in [0.717, 1.165) is 23.7 Å². The van der Waals surface area contributed by atoms with Gasteiger partial charge in [0.25, 0.3) is 0 Å². The molecule has 0 N–H and O–H groups in total. The van der Waals surface area contributed by atoms with Crippen molar-refractivity contribution in [1.29, 1.82) is 0 Å². The third-order valence-electron chi connectivity index (χ3n) is 8.96. The summed E-state index contributed by atoms with van der Waals surface area (Å²) in [5.41, 5.74) is 4.66. The number of aryl methyl sites for hydroxylation is 2. The fraction of sp³-hybridized carbons (Fsp3) is 0.611. The minimum atomic E-state index is 0.603. The summed E-state index contributed by atoms with van der Waals surface area (Å²) >= 11 is 6.38. The lowest BCUT2D eigenvalue weighted by atomic mass is 9.94. The molecule has 212 valence electrons. The van der Waals surface area contributed by atoms with Crippen molar-refractivity contribution in [2.45, 2.75) is 126 Å². The van der Waals surface area contributed by atoms with Gasteiger partial charge in [-0.05, 0) is 78.2 Å². The van der Waals surface area contributed by atoms with Crippen LogP contribution in [0, 0.1) is 23.7 Å². The molecule has 3 aromatic rings. The molecule has 0 amide bonds. The molecule has 0 saturated heterocycles. The quantitative estimate of drug-likeness (QED) is 0.187.